The molecule has 0 aromatic heterocycles. The molecule has 0 amide bonds. The molecule has 0 N–H and O–H groups in total. The van der Waals surface area contributed by atoms with Gasteiger partial charge in [0.25, 0.3) is 0 Å². The first-order valence-electron chi connectivity index (χ1n) is 5.13. The Bertz CT molecular complexity index is 298. The average Bonchev–Trinajstić information content (AvgIpc) is 2.54. The number of para-hydroxylation sites is 1. The van der Waals surface area contributed by atoms with E-state index in [1.807, 2.05) is 0 Å². The Kier molecular flexibility index (Phi) is 2.12. The molecule has 0 bridgehead atoms. The van der Waals surface area contributed by atoms with Crippen LogP contribution in [0.5, 0.6) is 0 Å². The van der Waals surface area contributed by atoms with Gasteiger partial charge in [-0.2, -0.15) is 0 Å². The minimum atomic E-state index is 1.15. The summed E-state index contributed by atoms with van der Waals surface area (Å²) in [5.41, 5.74) is 2.95. The molecule has 1 heteroatoms. The average molecular weight is 176 g/mol. The summed E-state index contributed by atoms with van der Waals surface area (Å²) in [5.74, 6) is 0. The van der Waals surface area contributed by atoms with Crippen LogP contribution < -0.4 is 4.48 Å². The lowest BCUT2D eigenvalue weighted by molar-refractivity contribution is 0.404. The van der Waals surface area contributed by atoms with Crippen molar-refractivity contribution in [2.45, 2.75) is 19.8 Å². The van der Waals surface area contributed by atoms with Crippen LogP contribution in [-0.2, 0) is 0 Å². The maximum atomic E-state index is 2.36. The minimum absolute atomic E-state index is 1.15. The summed E-state index contributed by atoms with van der Waals surface area (Å²) < 4.78 is 1.15. The molecule has 13 heavy (non-hydrogen) atoms. The van der Waals surface area contributed by atoms with Gasteiger partial charge in [-0.25, -0.2) is 0 Å². The number of aryl methyl sites for hydroxylation is 1. The van der Waals surface area contributed by atoms with Crippen LogP contribution in [0.4, 0.5) is 5.69 Å². The van der Waals surface area contributed by atoms with E-state index >= 15 is 0 Å². The molecule has 1 aliphatic rings. The number of hydrogen-bond acceptors (Lipinski definition) is 0. The first-order chi connectivity index (χ1) is 6.22. The standard InChI is InChI=1S/C12H18N/c1-11-7-3-4-8-12(11)13(2)9-5-6-10-13/h3-4,7-8H,5-6,9-10H2,1-2H3/q+1. The molecule has 0 spiro atoms. The Balaban J connectivity index is 2.39. The predicted octanol–water partition coefficient (Wildman–Crippen LogP) is 2.73. The first kappa shape index (κ1) is 8.76. The van der Waals surface area contributed by atoms with Gasteiger partial charge in [0.1, 0.15) is 5.69 Å². The Hall–Kier alpha value is -0.820. The van der Waals surface area contributed by atoms with Crippen LogP contribution >= 0.6 is 0 Å². The number of rotatable bonds is 1. The van der Waals surface area contributed by atoms with Gasteiger partial charge in [0, 0.05) is 18.4 Å². The third kappa shape index (κ3) is 1.49. The SMILES string of the molecule is Cc1ccccc1[N+]1(C)CCCC1. The number of hydrogen-bond donors (Lipinski definition) is 0. The van der Waals surface area contributed by atoms with E-state index in [1.165, 1.54) is 37.2 Å². The van der Waals surface area contributed by atoms with Crippen LogP contribution in [-0.4, -0.2) is 20.1 Å². The molecule has 1 saturated heterocycles. The Morgan fingerprint density at radius 3 is 2.31 bits per heavy atom. The Morgan fingerprint density at radius 1 is 1.08 bits per heavy atom. The summed E-state index contributed by atoms with van der Waals surface area (Å²) in [4.78, 5) is 0. The second-order valence-corrected chi connectivity index (χ2v) is 4.34. The van der Waals surface area contributed by atoms with Gasteiger partial charge in [0.15, 0.2) is 0 Å². The molecule has 1 aromatic carbocycles. The Morgan fingerprint density at radius 2 is 1.69 bits per heavy atom. The van der Waals surface area contributed by atoms with Crippen LogP contribution in [0, 0.1) is 6.92 Å². The minimum Gasteiger partial charge on any atom is -0.293 e. The van der Waals surface area contributed by atoms with Gasteiger partial charge in [-0.1, -0.05) is 18.2 Å². The normalized spacial score (nSPS) is 20.5. The lowest BCUT2D eigenvalue weighted by Gasteiger charge is -2.29. The topological polar surface area (TPSA) is 0 Å². The highest BCUT2D eigenvalue weighted by Gasteiger charge is 2.30. The molecule has 1 nitrogen and oxygen atoms in total. The van der Waals surface area contributed by atoms with Crippen molar-refractivity contribution in [3.05, 3.63) is 29.8 Å². The van der Waals surface area contributed by atoms with Crippen LogP contribution in [0.15, 0.2) is 24.3 Å². The van der Waals surface area contributed by atoms with E-state index in [4.69, 9.17) is 0 Å². The van der Waals surface area contributed by atoms with E-state index in [0.29, 0.717) is 0 Å². The van der Waals surface area contributed by atoms with Gasteiger partial charge >= 0.3 is 0 Å². The lowest BCUT2D eigenvalue weighted by atomic mass is 10.1. The summed E-state index contributed by atoms with van der Waals surface area (Å²) in [6.45, 7) is 4.84. The summed E-state index contributed by atoms with van der Waals surface area (Å²) in [7, 11) is 2.36. The quantitative estimate of drug-likeness (QED) is 0.577. The van der Waals surface area contributed by atoms with E-state index in [-0.39, 0.29) is 0 Å². The molecule has 70 valence electrons. The van der Waals surface area contributed by atoms with Gasteiger partial charge in [0.2, 0.25) is 0 Å². The Labute approximate surface area is 80.6 Å². The number of benzene rings is 1. The predicted molar refractivity (Wildman–Crippen MR) is 57.9 cm³/mol. The van der Waals surface area contributed by atoms with Crippen molar-refractivity contribution in [1.82, 2.24) is 4.48 Å². The summed E-state index contributed by atoms with van der Waals surface area (Å²) in [6.07, 6.45) is 2.76. The van der Waals surface area contributed by atoms with Crippen LogP contribution in [0.2, 0.25) is 0 Å². The van der Waals surface area contributed by atoms with Crippen molar-refractivity contribution in [2.75, 3.05) is 20.1 Å². The highest BCUT2D eigenvalue weighted by atomic mass is 15.3. The van der Waals surface area contributed by atoms with Crippen LogP contribution in [0.3, 0.4) is 0 Å². The zero-order valence-electron chi connectivity index (χ0n) is 8.59. The molecule has 0 unspecified atom stereocenters. The van der Waals surface area contributed by atoms with Crippen molar-refractivity contribution in [2.24, 2.45) is 0 Å². The largest absolute Gasteiger partial charge is 0.293 e. The number of nitrogens with zero attached hydrogens (tertiary/aromatic N) is 1. The van der Waals surface area contributed by atoms with Crippen LogP contribution in [0.1, 0.15) is 18.4 Å². The molecule has 1 fully saturated rings. The summed E-state index contributed by atoms with van der Waals surface area (Å²) in [6, 6.07) is 8.78. The fraction of sp³-hybridized carbons (Fsp3) is 0.500. The van der Waals surface area contributed by atoms with E-state index in [0.717, 1.165) is 4.48 Å². The fourth-order valence-corrected chi connectivity index (χ4v) is 2.44. The summed E-state index contributed by atoms with van der Waals surface area (Å²) in [5, 5.41) is 0. The first-order valence-corrected chi connectivity index (χ1v) is 5.13. The molecule has 0 radical (unpaired) electrons. The van der Waals surface area contributed by atoms with Crippen molar-refractivity contribution < 1.29 is 0 Å². The van der Waals surface area contributed by atoms with E-state index < -0.39 is 0 Å². The lowest BCUT2D eigenvalue weighted by Crippen LogP contribution is -2.42. The highest BCUT2D eigenvalue weighted by molar-refractivity contribution is 5.49. The maximum Gasteiger partial charge on any atom is 0.135 e. The van der Waals surface area contributed by atoms with E-state index in [1.54, 1.807) is 0 Å². The maximum absolute atomic E-state index is 2.36. The molecular formula is C12H18N+. The van der Waals surface area contributed by atoms with Gasteiger partial charge < -0.3 is 0 Å². The molecule has 2 rings (SSSR count). The zero-order chi connectivity index (χ0) is 9.31. The monoisotopic (exact) mass is 176 g/mol. The molecule has 1 aromatic rings. The highest BCUT2D eigenvalue weighted by Crippen LogP contribution is 2.29. The van der Waals surface area contributed by atoms with Crippen molar-refractivity contribution in [1.29, 1.82) is 0 Å². The molecule has 1 heterocycles. The van der Waals surface area contributed by atoms with Crippen LogP contribution in [0.25, 0.3) is 0 Å². The molecular weight excluding hydrogens is 158 g/mol. The van der Waals surface area contributed by atoms with Crippen molar-refractivity contribution in [3.63, 3.8) is 0 Å². The third-order valence-electron chi connectivity index (χ3n) is 3.25. The molecule has 1 aliphatic heterocycles. The van der Waals surface area contributed by atoms with Crippen molar-refractivity contribution >= 4 is 5.69 Å². The van der Waals surface area contributed by atoms with E-state index in [9.17, 15) is 0 Å². The second kappa shape index (κ2) is 3.15. The molecule has 0 atom stereocenters. The zero-order valence-corrected chi connectivity index (χ0v) is 8.59. The van der Waals surface area contributed by atoms with E-state index in [2.05, 4.69) is 38.2 Å². The smallest absolute Gasteiger partial charge is 0.135 e. The second-order valence-electron chi connectivity index (χ2n) is 4.34. The summed E-state index contributed by atoms with van der Waals surface area (Å²) >= 11 is 0. The van der Waals surface area contributed by atoms with Gasteiger partial charge in [-0.05, 0) is 13.0 Å². The third-order valence-corrected chi connectivity index (χ3v) is 3.25. The van der Waals surface area contributed by atoms with Gasteiger partial charge in [-0.3, -0.25) is 4.48 Å². The molecule has 0 saturated carbocycles. The van der Waals surface area contributed by atoms with Gasteiger partial charge in [-0.15, -0.1) is 0 Å². The number of quaternary nitrogens is 1. The fourth-order valence-electron chi connectivity index (χ4n) is 2.44. The molecule has 0 aliphatic carbocycles. The van der Waals surface area contributed by atoms with Gasteiger partial charge in [0.05, 0.1) is 20.1 Å². The number of likely N-dealkylation sites (tertiary alicyclic amines) is 1. The van der Waals surface area contributed by atoms with Crippen molar-refractivity contribution in [3.8, 4) is 0 Å².